The molecule has 0 amide bonds. The SMILES string of the molecule is Cc1ccc(S(=O)(=O)n2ccc3c2C(O)C2OC3CC3=C2CC=C3)cc1. The second-order valence-electron chi connectivity index (χ2n) is 7.12. The summed E-state index contributed by atoms with van der Waals surface area (Å²) in [6.07, 6.45) is 5.48. The molecular formula is C20H19NO4S. The van der Waals surface area contributed by atoms with Crippen LogP contribution >= 0.6 is 0 Å². The number of ether oxygens (including phenoxy) is 1. The average molecular weight is 369 g/mol. The maximum Gasteiger partial charge on any atom is 0.267 e. The minimum absolute atomic E-state index is 0.214. The van der Waals surface area contributed by atoms with Gasteiger partial charge in [-0.15, -0.1) is 0 Å². The van der Waals surface area contributed by atoms with Crippen LogP contribution < -0.4 is 0 Å². The average Bonchev–Trinajstić information content (AvgIpc) is 3.27. The molecule has 134 valence electrons. The van der Waals surface area contributed by atoms with Crippen LogP contribution in [0.1, 0.15) is 41.9 Å². The monoisotopic (exact) mass is 369 g/mol. The largest absolute Gasteiger partial charge is 0.384 e. The molecule has 3 aliphatic rings. The van der Waals surface area contributed by atoms with Crippen molar-refractivity contribution < 1.29 is 18.3 Å². The molecule has 1 N–H and O–H groups in total. The molecule has 1 aromatic carbocycles. The highest BCUT2D eigenvalue weighted by molar-refractivity contribution is 7.90. The maximum atomic E-state index is 13.2. The molecule has 5 rings (SSSR count). The number of benzene rings is 1. The van der Waals surface area contributed by atoms with Crippen LogP contribution in [0, 0.1) is 6.92 Å². The van der Waals surface area contributed by atoms with Crippen LogP contribution in [0.4, 0.5) is 0 Å². The fraction of sp³-hybridized carbons (Fsp3) is 0.300. The van der Waals surface area contributed by atoms with Gasteiger partial charge in [-0.05, 0) is 42.7 Å². The lowest BCUT2D eigenvalue weighted by Gasteiger charge is -2.40. The topological polar surface area (TPSA) is 68.5 Å². The van der Waals surface area contributed by atoms with Gasteiger partial charge in [-0.25, -0.2) is 12.4 Å². The van der Waals surface area contributed by atoms with Gasteiger partial charge in [0.25, 0.3) is 10.0 Å². The Hall–Kier alpha value is -2.15. The molecule has 1 aliphatic carbocycles. The predicted octanol–water partition coefficient (Wildman–Crippen LogP) is 3.17. The minimum Gasteiger partial charge on any atom is -0.384 e. The van der Waals surface area contributed by atoms with E-state index in [4.69, 9.17) is 4.74 Å². The van der Waals surface area contributed by atoms with Gasteiger partial charge in [0.1, 0.15) is 12.2 Å². The highest BCUT2D eigenvalue weighted by Crippen LogP contribution is 2.49. The summed E-state index contributed by atoms with van der Waals surface area (Å²) < 4.78 is 33.6. The number of hydrogen-bond donors (Lipinski definition) is 1. The first kappa shape index (κ1) is 16.1. The zero-order valence-electron chi connectivity index (χ0n) is 14.3. The fourth-order valence-electron chi connectivity index (χ4n) is 4.21. The number of aliphatic hydroxyl groups excluding tert-OH is 1. The van der Waals surface area contributed by atoms with E-state index in [0.29, 0.717) is 5.69 Å². The van der Waals surface area contributed by atoms with Crippen molar-refractivity contribution in [3.63, 3.8) is 0 Å². The summed E-state index contributed by atoms with van der Waals surface area (Å²) in [5.74, 6) is 0. The van der Waals surface area contributed by atoms with E-state index in [-0.39, 0.29) is 11.0 Å². The minimum atomic E-state index is -3.77. The molecule has 26 heavy (non-hydrogen) atoms. The van der Waals surface area contributed by atoms with E-state index in [9.17, 15) is 13.5 Å². The van der Waals surface area contributed by atoms with Crippen molar-refractivity contribution in [1.82, 2.24) is 3.97 Å². The van der Waals surface area contributed by atoms with E-state index in [1.807, 2.05) is 6.92 Å². The van der Waals surface area contributed by atoms with Crippen LogP contribution in [0.15, 0.2) is 64.7 Å². The highest BCUT2D eigenvalue weighted by atomic mass is 32.2. The normalized spacial score (nSPS) is 26.8. The Balaban J connectivity index is 1.63. The third-order valence-corrected chi connectivity index (χ3v) is 7.25. The number of hydrogen-bond acceptors (Lipinski definition) is 4. The molecule has 3 unspecified atom stereocenters. The van der Waals surface area contributed by atoms with Crippen molar-refractivity contribution in [3.05, 3.63) is 76.6 Å². The zero-order valence-corrected chi connectivity index (χ0v) is 15.1. The van der Waals surface area contributed by atoms with Crippen molar-refractivity contribution in [2.24, 2.45) is 0 Å². The highest BCUT2D eigenvalue weighted by Gasteiger charge is 2.44. The number of fused-ring (bicyclic) bond motifs is 5. The lowest BCUT2D eigenvalue weighted by molar-refractivity contribution is -0.0883. The van der Waals surface area contributed by atoms with Gasteiger partial charge in [-0.1, -0.05) is 29.8 Å². The molecule has 3 heterocycles. The number of allylic oxidation sites excluding steroid dienone is 2. The van der Waals surface area contributed by atoms with Gasteiger partial charge in [0.05, 0.1) is 16.7 Å². The van der Waals surface area contributed by atoms with E-state index in [0.717, 1.165) is 29.5 Å². The third-order valence-electron chi connectivity index (χ3n) is 5.54. The Morgan fingerprint density at radius 2 is 1.96 bits per heavy atom. The molecule has 2 aromatic rings. The Labute approximate surface area is 152 Å². The number of nitrogens with zero attached hydrogens (tertiary/aromatic N) is 1. The Kier molecular flexibility index (Phi) is 3.35. The molecule has 0 spiro atoms. The first-order valence-electron chi connectivity index (χ1n) is 8.72. The number of aryl methyl sites for hydroxylation is 1. The van der Waals surface area contributed by atoms with Gasteiger partial charge < -0.3 is 9.84 Å². The molecule has 0 saturated heterocycles. The predicted molar refractivity (Wildman–Crippen MR) is 96.2 cm³/mol. The molecule has 0 fully saturated rings. The summed E-state index contributed by atoms with van der Waals surface area (Å²) in [7, 11) is -3.77. The molecule has 2 bridgehead atoms. The van der Waals surface area contributed by atoms with Gasteiger partial charge >= 0.3 is 0 Å². The second kappa shape index (κ2) is 5.42. The lowest BCUT2D eigenvalue weighted by Crippen LogP contribution is -2.37. The fourth-order valence-corrected chi connectivity index (χ4v) is 5.61. The van der Waals surface area contributed by atoms with Crippen molar-refractivity contribution >= 4 is 10.0 Å². The third kappa shape index (κ3) is 2.13. The summed E-state index contributed by atoms with van der Waals surface area (Å²) in [4.78, 5) is 0.216. The van der Waals surface area contributed by atoms with Crippen molar-refractivity contribution in [2.75, 3.05) is 0 Å². The summed E-state index contributed by atoms with van der Waals surface area (Å²) in [6, 6.07) is 8.52. The molecule has 0 saturated carbocycles. The summed E-state index contributed by atoms with van der Waals surface area (Å²) >= 11 is 0. The van der Waals surface area contributed by atoms with E-state index < -0.39 is 22.2 Å². The molecule has 0 radical (unpaired) electrons. The van der Waals surface area contributed by atoms with Crippen molar-refractivity contribution in [3.8, 4) is 0 Å². The molecule has 5 nitrogen and oxygen atoms in total. The maximum absolute atomic E-state index is 13.2. The van der Waals surface area contributed by atoms with Gasteiger partial charge in [0, 0.05) is 18.2 Å². The molecule has 2 aliphatic heterocycles. The van der Waals surface area contributed by atoms with E-state index in [1.165, 1.54) is 15.7 Å². The van der Waals surface area contributed by atoms with Gasteiger partial charge in [0.2, 0.25) is 0 Å². The second-order valence-corrected chi connectivity index (χ2v) is 8.94. The first-order chi connectivity index (χ1) is 12.5. The van der Waals surface area contributed by atoms with E-state index >= 15 is 0 Å². The van der Waals surface area contributed by atoms with Crippen LogP contribution in [-0.2, 0) is 14.8 Å². The van der Waals surface area contributed by atoms with Crippen molar-refractivity contribution in [1.29, 1.82) is 0 Å². The Morgan fingerprint density at radius 3 is 2.73 bits per heavy atom. The Bertz CT molecular complexity index is 1060. The number of aliphatic hydroxyl groups is 1. The Morgan fingerprint density at radius 1 is 1.19 bits per heavy atom. The van der Waals surface area contributed by atoms with Crippen LogP contribution in [-0.4, -0.2) is 23.6 Å². The molecule has 6 heteroatoms. The summed E-state index contributed by atoms with van der Waals surface area (Å²) in [5.41, 5.74) is 4.47. The molecular weight excluding hydrogens is 350 g/mol. The lowest BCUT2D eigenvalue weighted by atomic mass is 9.84. The smallest absolute Gasteiger partial charge is 0.267 e. The zero-order chi connectivity index (χ0) is 18.1. The van der Waals surface area contributed by atoms with Gasteiger partial charge in [0.15, 0.2) is 0 Å². The van der Waals surface area contributed by atoms with Crippen LogP contribution in [0.5, 0.6) is 0 Å². The molecule has 1 aromatic heterocycles. The van der Waals surface area contributed by atoms with Gasteiger partial charge in [-0.3, -0.25) is 0 Å². The number of rotatable bonds is 2. The molecule has 3 atom stereocenters. The van der Waals surface area contributed by atoms with Crippen LogP contribution in [0.25, 0.3) is 0 Å². The van der Waals surface area contributed by atoms with Crippen LogP contribution in [0.2, 0.25) is 0 Å². The van der Waals surface area contributed by atoms with Crippen LogP contribution in [0.3, 0.4) is 0 Å². The van der Waals surface area contributed by atoms with Gasteiger partial charge in [-0.2, -0.15) is 0 Å². The van der Waals surface area contributed by atoms with E-state index in [1.54, 1.807) is 30.3 Å². The number of aromatic nitrogens is 1. The summed E-state index contributed by atoms with van der Waals surface area (Å²) in [5, 5.41) is 11.0. The van der Waals surface area contributed by atoms with E-state index in [2.05, 4.69) is 12.2 Å². The quantitative estimate of drug-likeness (QED) is 0.883. The first-order valence-corrected chi connectivity index (χ1v) is 10.2. The standard InChI is InChI=1S/C20H19NO4S/c1-12-5-7-14(8-6-12)26(23,24)21-10-9-16-17-11-13-3-2-4-15(13)20(25-17)19(22)18(16)21/h2-3,5-10,17,19-20,22H,4,11H2,1H3. The van der Waals surface area contributed by atoms with Crippen molar-refractivity contribution in [2.45, 2.75) is 43.0 Å². The summed E-state index contributed by atoms with van der Waals surface area (Å²) in [6.45, 7) is 1.91.